The Morgan fingerprint density at radius 2 is 0.950 bits per heavy atom. The molecule has 0 unspecified atom stereocenters. The van der Waals surface area contributed by atoms with Crippen LogP contribution >= 0.6 is 0 Å². The molecule has 0 heterocycles. The molecule has 0 amide bonds. The standard InChI is InChI=1S/C19H39O/c1-3-5-7-9-10-11-12-13-14-15-17-19-20-18-16-8-6-4-2/h1,3-19H2,2H3. The quantitative estimate of drug-likeness (QED) is 0.270. The fourth-order valence-corrected chi connectivity index (χ4v) is 2.53. The molecule has 20 heavy (non-hydrogen) atoms. The first kappa shape index (κ1) is 20.0. The van der Waals surface area contributed by atoms with Gasteiger partial charge in [0.1, 0.15) is 0 Å². The zero-order chi connectivity index (χ0) is 14.7. The van der Waals surface area contributed by atoms with Crippen LogP contribution in [0.1, 0.15) is 103 Å². The third-order valence-corrected chi connectivity index (χ3v) is 3.93. The number of hydrogen-bond acceptors (Lipinski definition) is 1. The van der Waals surface area contributed by atoms with Gasteiger partial charge in [0, 0.05) is 13.2 Å². The smallest absolute Gasteiger partial charge is 0.0466 e. The molecule has 0 aliphatic carbocycles. The van der Waals surface area contributed by atoms with Gasteiger partial charge in [0.15, 0.2) is 0 Å². The second-order valence-electron chi connectivity index (χ2n) is 6.06. The average Bonchev–Trinajstić information content (AvgIpc) is 2.47. The molecule has 0 fully saturated rings. The van der Waals surface area contributed by atoms with Crippen molar-refractivity contribution in [3.63, 3.8) is 0 Å². The van der Waals surface area contributed by atoms with E-state index in [1.54, 1.807) is 0 Å². The minimum atomic E-state index is 0.979. The van der Waals surface area contributed by atoms with Crippen LogP contribution in [-0.2, 0) is 4.74 Å². The van der Waals surface area contributed by atoms with E-state index < -0.39 is 0 Å². The van der Waals surface area contributed by atoms with Crippen LogP contribution in [0.3, 0.4) is 0 Å². The summed E-state index contributed by atoms with van der Waals surface area (Å²) in [6.07, 6.45) is 20.2. The summed E-state index contributed by atoms with van der Waals surface area (Å²) >= 11 is 0. The van der Waals surface area contributed by atoms with Gasteiger partial charge in [0.25, 0.3) is 0 Å². The number of rotatable bonds is 17. The highest BCUT2D eigenvalue weighted by Gasteiger charge is 1.94. The van der Waals surface area contributed by atoms with E-state index >= 15 is 0 Å². The molecule has 0 aromatic rings. The van der Waals surface area contributed by atoms with Crippen LogP contribution in [0.5, 0.6) is 0 Å². The molecular formula is C19H39O. The van der Waals surface area contributed by atoms with Gasteiger partial charge in [0.05, 0.1) is 0 Å². The Hall–Kier alpha value is -0.0400. The molecule has 0 spiro atoms. The van der Waals surface area contributed by atoms with E-state index in [9.17, 15) is 0 Å². The van der Waals surface area contributed by atoms with Crippen molar-refractivity contribution in [3.05, 3.63) is 6.92 Å². The molecule has 0 atom stereocenters. The number of unbranched alkanes of at least 4 members (excludes halogenated alkanes) is 13. The van der Waals surface area contributed by atoms with Gasteiger partial charge >= 0.3 is 0 Å². The van der Waals surface area contributed by atoms with E-state index in [4.69, 9.17) is 4.74 Å². The summed E-state index contributed by atoms with van der Waals surface area (Å²) in [6, 6.07) is 0. The predicted octanol–water partition coefficient (Wildman–Crippen LogP) is 6.71. The average molecular weight is 284 g/mol. The summed E-state index contributed by atoms with van der Waals surface area (Å²) in [5.74, 6) is 0. The first-order chi connectivity index (χ1) is 9.91. The number of ether oxygens (including phenoxy) is 1. The Kier molecular flexibility index (Phi) is 18.9. The van der Waals surface area contributed by atoms with E-state index in [-0.39, 0.29) is 0 Å². The van der Waals surface area contributed by atoms with Gasteiger partial charge in [-0.05, 0) is 12.8 Å². The Morgan fingerprint density at radius 1 is 0.550 bits per heavy atom. The van der Waals surface area contributed by atoms with Crippen LogP contribution in [0.25, 0.3) is 0 Å². The first-order valence-corrected chi connectivity index (χ1v) is 9.28. The van der Waals surface area contributed by atoms with Crippen molar-refractivity contribution in [3.8, 4) is 0 Å². The van der Waals surface area contributed by atoms with E-state index in [1.807, 2.05) is 0 Å². The molecule has 0 aliphatic heterocycles. The summed E-state index contributed by atoms with van der Waals surface area (Å²) in [7, 11) is 0. The van der Waals surface area contributed by atoms with Gasteiger partial charge in [-0.15, -0.1) is 0 Å². The maximum atomic E-state index is 5.66. The van der Waals surface area contributed by atoms with Crippen LogP contribution in [0.4, 0.5) is 0 Å². The fourth-order valence-electron chi connectivity index (χ4n) is 2.53. The highest BCUT2D eigenvalue weighted by atomic mass is 16.5. The second kappa shape index (κ2) is 19.0. The lowest BCUT2D eigenvalue weighted by molar-refractivity contribution is 0.125. The largest absolute Gasteiger partial charge is 0.381 e. The van der Waals surface area contributed by atoms with E-state index in [1.165, 1.54) is 89.9 Å². The molecule has 0 N–H and O–H groups in total. The predicted molar refractivity (Wildman–Crippen MR) is 91.1 cm³/mol. The van der Waals surface area contributed by atoms with Crippen LogP contribution in [0.2, 0.25) is 0 Å². The highest BCUT2D eigenvalue weighted by molar-refractivity contribution is 4.49. The van der Waals surface area contributed by atoms with Crippen molar-refractivity contribution in [2.75, 3.05) is 13.2 Å². The Morgan fingerprint density at radius 3 is 1.40 bits per heavy atom. The summed E-state index contributed by atoms with van der Waals surface area (Å²) in [4.78, 5) is 0. The topological polar surface area (TPSA) is 9.23 Å². The maximum absolute atomic E-state index is 5.66. The fraction of sp³-hybridized carbons (Fsp3) is 0.947. The van der Waals surface area contributed by atoms with Crippen molar-refractivity contribution in [2.24, 2.45) is 0 Å². The maximum Gasteiger partial charge on any atom is 0.0466 e. The van der Waals surface area contributed by atoms with Gasteiger partial charge in [-0.25, -0.2) is 0 Å². The highest BCUT2D eigenvalue weighted by Crippen LogP contribution is 2.11. The normalized spacial score (nSPS) is 11.1. The molecule has 1 radical (unpaired) electrons. The lowest BCUT2D eigenvalue weighted by Gasteiger charge is -2.04. The van der Waals surface area contributed by atoms with Crippen molar-refractivity contribution < 1.29 is 4.74 Å². The van der Waals surface area contributed by atoms with E-state index in [0.717, 1.165) is 19.6 Å². The molecule has 0 saturated carbocycles. The van der Waals surface area contributed by atoms with Gasteiger partial charge in [0.2, 0.25) is 0 Å². The van der Waals surface area contributed by atoms with Crippen LogP contribution in [-0.4, -0.2) is 13.2 Å². The van der Waals surface area contributed by atoms with Crippen molar-refractivity contribution in [2.45, 2.75) is 103 Å². The first-order valence-electron chi connectivity index (χ1n) is 9.28. The second-order valence-corrected chi connectivity index (χ2v) is 6.06. The lowest BCUT2D eigenvalue weighted by atomic mass is 10.1. The molecular weight excluding hydrogens is 244 g/mol. The SMILES string of the molecule is [CH2]CCCCCCCCCCCCOCCCCCC. The Labute approximate surface area is 128 Å². The Balaban J connectivity index is 2.89. The summed E-state index contributed by atoms with van der Waals surface area (Å²) in [5.41, 5.74) is 0. The van der Waals surface area contributed by atoms with Gasteiger partial charge in [-0.3, -0.25) is 0 Å². The molecule has 0 aliphatic rings. The third kappa shape index (κ3) is 18.0. The molecule has 0 rings (SSSR count). The van der Waals surface area contributed by atoms with Crippen LogP contribution in [0.15, 0.2) is 0 Å². The summed E-state index contributed by atoms with van der Waals surface area (Å²) in [5, 5.41) is 0. The van der Waals surface area contributed by atoms with Crippen LogP contribution in [0, 0.1) is 6.92 Å². The van der Waals surface area contributed by atoms with Crippen LogP contribution < -0.4 is 0 Å². The minimum Gasteiger partial charge on any atom is -0.381 e. The molecule has 1 heteroatoms. The molecule has 1 nitrogen and oxygen atoms in total. The molecule has 0 bridgehead atoms. The monoisotopic (exact) mass is 283 g/mol. The molecule has 0 aromatic carbocycles. The zero-order valence-corrected chi connectivity index (χ0v) is 14.1. The van der Waals surface area contributed by atoms with Crippen molar-refractivity contribution >= 4 is 0 Å². The van der Waals surface area contributed by atoms with E-state index in [0.29, 0.717) is 0 Å². The molecule has 121 valence electrons. The van der Waals surface area contributed by atoms with Gasteiger partial charge in [-0.2, -0.15) is 0 Å². The van der Waals surface area contributed by atoms with Gasteiger partial charge in [-0.1, -0.05) is 97.3 Å². The number of hydrogen-bond donors (Lipinski definition) is 0. The van der Waals surface area contributed by atoms with Gasteiger partial charge < -0.3 is 4.74 Å². The minimum absolute atomic E-state index is 0.979. The zero-order valence-electron chi connectivity index (χ0n) is 14.1. The summed E-state index contributed by atoms with van der Waals surface area (Å²) in [6.45, 7) is 8.10. The van der Waals surface area contributed by atoms with Crippen molar-refractivity contribution in [1.82, 2.24) is 0 Å². The molecule has 0 aromatic heterocycles. The third-order valence-electron chi connectivity index (χ3n) is 3.93. The summed E-state index contributed by atoms with van der Waals surface area (Å²) < 4.78 is 5.66. The molecule has 0 saturated heterocycles. The lowest BCUT2D eigenvalue weighted by Crippen LogP contribution is -1.97. The van der Waals surface area contributed by atoms with Crippen molar-refractivity contribution in [1.29, 1.82) is 0 Å². The Bertz CT molecular complexity index is 138. The van der Waals surface area contributed by atoms with E-state index in [2.05, 4.69) is 13.8 Å².